The SMILES string of the molecule is C=CCOc1cccc([C@@H]2C(=C(O)c3ccc(OC)cc3)C(=O)C(=O)N2CCN(C)C)c1. The van der Waals surface area contributed by atoms with E-state index >= 15 is 0 Å². The molecule has 0 aromatic heterocycles. The van der Waals surface area contributed by atoms with Gasteiger partial charge in [-0.1, -0.05) is 24.8 Å². The minimum atomic E-state index is -0.732. The summed E-state index contributed by atoms with van der Waals surface area (Å²) in [7, 11) is 5.34. The largest absolute Gasteiger partial charge is 0.507 e. The van der Waals surface area contributed by atoms with E-state index in [1.165, 1.54) is 4.90 Å². The van der Waals surface area contributed by atoms with E-state index < -0.39 is 17.7 Å². The molecule has 0 radical (unpaired) electrons. The first-order valence-electron chi connectivity index (χ1n) is 10.3. The Morgan fingerprint density at radius 3 is 2.50 bits per heavy atom. The fourth-order valence-corrected chi connectivity index (χ4v) is 3.60. The zero-order chi connectivity index (χ0) is 23.3. The van der Waals surface area contributed by atoms with Crippen molar-refractivity contribution in [3.8, 4) is 11.5 Å². The maximum atomic E-state index is 13.0. The van der Waals surface area contributed by atoms with E-state index in [0.29, 0.717) is 42.3 Å². The lowest BCUT2D eigenvalue weighted by atomic mass is 9.95. The second kappa shape index (κ2) is 10.2. The van der Waals surface area contributed by atoms with Gasteiger partial charge in [-0.25, -0.2) is 0 Å². The molecule has 7 nitrogen and oxygen atoms in total. The van der Waals surface area contributed by atoms with Crippen LogP contribution in [0.15, 0.2) is 66.8 Å². The van der Waals surface area contributed by atoms with E-state index in [4.69, 9.17) is 9.47 Å². The molecule has 7 heteroatoms. The molecule has 0 unspecified atom stereocenters. The van der Waals surface area contributed by atoms with Crippen molar-refractivity contribution < 1.29 is 24.2 Å². The van der Waals surface area contributed by atoms with Crippen molar-refractivity contribution in [2.75, 3.05) is 40.9 Å². The van der Waals surface area contributed by atoms with Gasteiger partial charge in [0.05, 0.1) is 18.7 Å². The zero-order valence-electron chi connectivity index (χ0n) is 18.6. The Balaban J connectivity index is 2.11. The second-order valence-corrected chi connectivity index (χ2v) is 7.70. The van der Waals surface area contributed by atoms with Crippen LogP contribution < -0.4 is 9.47 Å². The summed E-state index contributed by atoms with van der Waals surface area (Å²) in [4.78, 5) is 29.4. The number of aliphatic hydroxyl groups excluding tert-OH is 1. The van der Waals surface area contributed by atoms with Crippen LogP contribution >= 0.6 is 0 Å². The summed E-state index contributed by atoms with van der Waals surface area (Å²) in [6.07, 6.45) is 1.64. The Hall–Kier alpha value is -3.58. The molecule has 1 saturated heterocycles. The number of rotatable bonds is 9. The first kappa shape index (κ1) is 23.1. The number of carbonyl (C=O) groups excluding carboxylic acids is 2. The Morgan fingerprint density at radius 1 is 1.16 bits per heavy atom. The Labute approximate surface area is 188 Å². The molecule has 1 atom stereocenters. The highest BCUT2D eigenvalue weighted by Crippen LogP contribution is 2.40. The highest BCUT2D eigenvalue weighted by Gasteiger charge is 2.46. The fraction of sp³-hybridized carbons (Fsp3) is 0.280. The van der Waals surface area contributed by atoms with Gasteiger partial charge < -0.3 is 24.4 Å². The molecule has 1 N–H and O–H groups in total. The molecule has 1 aliphatic heterocycles. The number of ketones is 1. The lowest BCUT2D eigenvalue weighted by Gasteiger charge is -2.27. The number of aliphatic hydroxyl groups is 1. The van der Waals surface area contributed by atoms with Gasteiger partial charge in [0, 0.05) is 18.7 Å². The third-order valence-corrected chi connectivity index (χ3v) is 5.23. The first-order valence-corrected chi connectivity index (χ1v) is 10.3. The summed E-state index contributed by atoms with van der Waals surface area (Å²) < 4.78 is 10.8. The molecule has 2 aromatic carbocycles. The van der Waals surface area contributed by atoms with Crippen LogP contribution in [0.25, 0.3) is 5.76 Å². The smallest absolute Gasteiger partial charge is 0.295 e. The topological polar surface area (TPSA) is 79.3 Å². The average molecular weight is 437 g/mol. The number of methoxy groups -OCH3 is 1. The van der Waals surface area contributed by atoms with Gasteiger partial charge in [-0.15, -0.1) is 0 Å². The highest BCUT2D eigenvalue weighted by atomic mass is 16.5. The van der Waals surface area contributed by atoms with E-state index in [1.807, 2.05) is 25.1 Å². The van der Waals surface area contributed by atoms with Gasteiger partial charge in [0.15, 0.2) is 0 Å². The van der Waals surface area contributed by atoms with Crippen LogP contribution in [0, 0.1) is 0 Å². The number of nitrogens with zero attached hydrogens (tertiary/aromatic N) is 2. The van der Waals surface area contributed by atoms with Crippen LogP contribution in [0.2, 0.25) is 0 Å². The summed E-state index contributed by atoms with van der Waals surface area (Å²) in [5, 5.41) is 11.1. The minimum absolute atomic E-state index is 0.0554. The molecule has 0 bridgehead atoms. The Kier molecular flexibility index (Phi) is 7.33. The average Bonchev–Trinajstić information content (AvgIpc) is 3.06. The normalized spacial score (nSPS) is 17.6. The monoisotopic (exact) mass is 436 g/mol. The van der Waals surface area contributed by atoms with Crippen LogP contribution in [0.1, 0.15) is 17.2 Å². The van der Waals surface area contributed by atoms with Gasteiger partial charge in [-0.05, 0) is 56.1 Å². The van der Waals surface area contributed by atoms with E-state index in [2.05, 4.69) is 6.58 Å². The van der Waals surface area contributed by atoms with Gasteiger partial charge in [-0.2, -0.15) is 0 Å². The van der Waals surface area contributed by atoms with Crippen LogP contribution in [0.4, 0.5) is 0 Å². The number of amides is 1. The molecular weight excluding hydrogens is 408 g/mol. The molecule has 1 fully saturated rings. The summed E-state index contributed by atoms with van der Waals surface area (Å²) in [5.41, 5.74) is 1.17. The van der Waals surface area contributed by atoms with Gasteiger partial charge in [0.2, 0.25) is 0 Å². The predicted molar refractivity (Wildman–Crippen MR) is 123 cm³/mol. The van der Waals surface area contributed by atoms with Crippen molar-refractivity contribution in [1.29, 1.82) is 0 Å². The maximum Gasteiger partial charge on any atom is 0.295 e. The Morgan fingerprint density at radius 2 is 1.88 bits per heavy atom. The number of likely N-dealkylation sites (tertiary alicyclic amines) is 1. The van der Waals surface area contributed by atoms with Crippen molar-refractivity contribution >= 4 is 17.4 Å². The molecule has 0 aliphatic carbocycles. The third-order valence-electron chi connectivity index (χ3n) is 5.23. The molecule has 2 aromatic rings. The van der Waals surface area contributed by atoms with Crippen LogP contribution in [-0.2, 0) is 9.59 Å². The van der Waals surface area contributed by atoms with Crippen LogP contribution in [0.5, 0.6) is 11.5 Å². The number of Topliss-reactive ketones (excluding diaryl/α,β-unsaturated/α-hetero) is 1. The standard InChI is InChI=1S/C25H28N2O5/c1-5-15-32-20-8-6-7-18(16-20)22-21(23(28)17-9-11-19(31-4)12-10-17)24(29)25(30)27(22)14-13-26(2)3/h5-12,16,22,28H,1,13-15H2,2-4H3/t22-/m1/s1. The van der Waals surface area contributed by atoms with Gasteiger partial charge in [-0.3, -0.25) is 9.59 Å². The number of hydrogen-bond donors (Lipinski definition) is 1. The zero-order valence-corrected chi connectivity index (χ0v) is 18.6. The number of carbonyl (C=O) groups is 2. The molecule has 0 spiro atoms. The maximum absolute atomic E-state index is 13.0. The summed E-state index contributed by atoms with van der Waals surface area (Å²) in [6.45, 7) is 4.88. The Bertz CT molecular complexity index is 1030. The quantitative estimate of drug-likeness (QED) is 0.281. The van der Waals surface area contributed by atoms with Crippen molar-refractivity contribution in [2.24, 2.45) is 0 Å². The summed E-state index contributed by atoms with van der Waals surface area (Å²) >= 11 is 0. The van der Waals surface area contributed by atoms with Crippen LogP contribution in [-0.4, -0.2) is 67.5 Å². The molecule has 168 valence electrons. The number of hydrogen-bond acceptors (Lipinski definition) is 6. The highest BCUT2D eigenvalue weighted by molar-refractivity contribution is 6.46. The van der Waals surface area contributed by atoms with E-state index in [9.17, 15) is 14.7 Å². The fourth-order valence-electron chi connectivity index (χ4n) is 3.60. The lowest BCUT2D eigenvalue weighted by molar-refractivity contribution is -0.140. The van der Waals surface area contributed by atoms with E-state index in [-0.39, 0.29) is 11.3 Å². The third kappa shape index (κ3) is 4.84. The lowest BCUT2D eigenvalue weighted by Crippen LogP contribution is -2.35. The van der Waals surface area contributed by atoms with Crippen molar-refractivity contribution in [2.45, 2.75) is 6.04 Å². The second-order valence-electron chi connectivity index (χ2n) is 7.70. The molecule has 0 saturated carbocycles. The first-order chi connectivity index (χ1) is 15.4. The van der Waals surface area contributed by atoms with Gasteiger partial charge >= 0.3 is 0 Å². The van der Waals surface area contributed by atoms with Gasteiger partial charge in [0.1, 0.15) is 23.9 Å². The van der Waals surface area contributed by atoms with Crippen LogP contribution in [0.3, 0.4) is 0 Å². The summed E-state index contributed by atoms with van der Waals surface area (Å²) in [6, 6.07) is 13.2. The molecule has 3 rings (SSSR count). The molecule has 1 amide bonds. The minimum Gasteiger partial charge on any atom is -0.507 e. The van der Waals surface area contributed by atoms with Crippen molar-refractivity contribution in [3.63, 3.8) is 0 Å². The number of likely N-dealkylation sites (N-methyl/N-ethyl adjacent to an activating group) is 1. The van der Waals surface area contributed by atoms with Crippen molar-refractivity contribution in [1.82, 2.24) is 9.80 Å². The molecule has 1 heterocycles. The van der Waals surface area contributed by atoms with E-state index in [0.717, 1.165) is 0 Å². The van der Waals surface area contributed by atoms with Crippen molar-refractivity contribution in [3.05, 3.63) is 77.9 Å². The molecular formula is C25H28N2O5. The molecule has 1 aliphatic rings. The summed E-state index contributed by atoms with van der Waals surface area (Å²) in [5.74, 6) is -0.355. The molecule has 32 heavy (non-hydrogen) atoms. The van der Waals surface area contributed by atoms with Gasteiger partial charge in [0.25, 0.3) is 11.7 Å². The number of benzene rings is 2. The van der Waals surface area contributed by atoms with E-state index in [1.54, 1.807) is 55.7 Å². The predicted octanol–water partition coefficient (Wildman–Crippen LogP) is 3.24. The number of ether oxygens (including phenoxy) is 2.